The second-order valence-corrected chi connectivity index (χ2v) is 7.71. The maximum Gasteiger partial charge on any atom is 0.237 e. The number of aromatic nitrogens is 3. The van der Waals surface area contributed by atoms with E-state index in [4.69, 9.17) is 4.74 Å². The zero-order valence-corrected chi connectivity index (χ0v) is 16.6. The Morgan fingerprint density at radius 3 is 2.71 bits per heavy atom. The van der Waals surface area contributed by atoms with E-state index < -0.39 is 0 Å². The van der Waals surface area contributed by atoms with Crippen LogP contribution in [0.15, 0.2) is 24.4 Å². The molecule has 1 saturated heterocycles. The summed E-state index contributed by atoms with van der Waals surface area (Å²) >= 11 is 0. The molecule has 2 aromatic heterocycles. The molecule has 2 aliphatic rings. The first-order valence-corrected chi connectivity index (χ1v) is 10.3. The van der Waals surface area contributed by atoms with Crippen LogP contribution in [-0.2, 0) is 31.4 Å². The molecule has 0 aromatic carbocycles. The minimum atomic E-state index is 0.230. The summed E-state index contributed by atoms with van der Waals surface area (Å²) in [4.78, 5) is 21.4. The second kappa shape index (κ2) is 8.73. The third kappa shape index (κ3) is 4.35. The van der Waals surface area contributed by atoms with Crippen LogP contribution in [0.25, 0.3) is 0 Å². The van der Waals surface area contributed by atoms with Crippen molar-refractivity contribution in [3.05, 3.63) is 41.3 Å². The second-order valence-electron chi connectivity index (χ2n) is 7.71. The van der Waals surface area contributed by atoms with Gasteiger partial charge in [-0.3, -0.25) is 14.4 Å². The molecule has 0 aliphatic carbocycles. The van der Waals surface area contributed by atoms with Crippen LogP contribution in [0.1, 0.15) is 42.6 Å². The Kier molecular flexibility index (Phi) is 5.90. The Labute approximate surface area is 166 Å². The average Bonchev–Trinajstić information content (AvgIpc) is 2.87. The van der Waals surface area contributed by atoms with Crippen LogP contribution < -0.4 is 4.74 Å². The minimum absolute atomic E-state index is 0.230. The molecule has 0 saturated carbocycles. The van der Waals surface area contributed by atoms with Crippen molar-refractivity contribution < 1.29 is 9.53 Å². The van der Waals surface area contributed by atoms with E-state index in [9.17, 15) is 4.79 Å². The minimum Gasteiger partial charge on any atom is -0.471 e. The zero-order chi connectivity index (χ0) is 19.3. The number of nitrogens with zero attached hydrogens (tertiary/aromatic N) is 5. The zero-order valence-electron chi connectivity index (χ0n) is 16.6. The highest BCUT2D eigenvalue weighted by Gasteiger charge is 2.27. The molecule has 7 nitrogen and oxygen atoms in total. The topological polar surface area (TPSA) is 63.5 Å². The first-order valence-electron chi connectivity index (χ1n) is 10.3. The summed E-state index contributed by atoms with van der Waals surface area (Å²) < 4.78 is 7.74. The van der Waals surface area contributed by atoms with E-state index in [0.717, 1.165) is 37.3 Å². The van der Waals surface area contributed by atoms with Crippen molar-refractivity contribution in [1.29, 1.82) is 0 Å². The summed E-state index contributed by atoms with van der Waals surface area (Å²) in [5.74, 6) is 0.819. The highest BCUT2D eigenvalue weighted by atomic mass is 16.5. The quantitative estimate of drug-likeness (QED) is 0.792. The molecule has 4 rings (SSSR count). The summed E-state index contributed by atoms with van der Waals surface area (Å²) in [6.07, 6.45) is 7.53. The number of carbonyl (C=O) groups excluding carboxylic acids is 1. The van der Waals surface area contributed by atoms with Crippen molar-refractivity contribution in [2.75, 3.05) is 26.2 Å². The molecule has 2 aliphatic heterocycles. The number of rotatable bonds is 5. The normalized spacial score (nSPS) is 17.8. The van der Waals surface area contributed by atoms with Crippen molar-refractivity contribution >= 4 is 5.91 Å². The number of hydrogen-bond acceptors (Lipinski definition) is 5. The van der Waals surface area contributed by atoms with Gasteiger partial charge >= 0.3 is 0 Å². The van der Waals surface area contributed by atoms with E-state index in [0.29, 0.717) is 25.6 Å². The Morgan fingerprint density at radius 2 is 1.96 bits per heavy atom. The SMILES string of the molecule is Cn1nc(COc2ccccn2)c2c1CCN(C(=O)CN1CCCCCC1)C2. The van der Waals surface area contributed by atoms with Gasteiger partial charge < -0.3 is 9.64 Å². The largest absolute Gasteiger partial charge is 0.471 e. The van der Waals surface area contributed by atoms with Crippen molar-refractivity contribution in [1.82, 2.24) is 24.6 Å². The number of likely N-dealkylation sites (tertiary alicyclic amines) is 1. The molecule has 0 atom stereocenters. The standard InChI is InChI=1S/C21H29N5O2/c1-24-19-9-13-26(21(27)15-25-11-6-2-3-7-12-25)14-17(19)18(23-24)16-28-20-8-4-5-10-22-20/h4-5,8,10H,2-3,6-7,9,11-16H2,1H3. The maximum absolute atomic E-state index is 12.9. The molecule has 0 bridgehead atoms. The van der Waals surface area contributed by atoms with Crippen LogP contribution in [-0.4, -0.2) is 56.7 Å². The average molecular weight is 383 g/mol. The highest BCUT2D eigenvalue weighted by molar-refractivity contribution is 5.78. The van der Waals surface area contributed by atoms with Gasteiger partial charge in [-0.15, -0.1) is 0 Å². The molecular formula is C21H29N5O2. The molecular weight excluding hydrogens is 354 g/mol. The summed E-state index contributed by atoms with van der Waals surface area (Å²) in [7, 11) is 1.97. The molecule has 0 N–H and O–H groups in total. The number of hydrogen-bond donors (Lipinski definition) is 0. The van der Waals surface area contributed by atoms with Crippen molar-refractivity contribution in [3.8, 4) is 5.88 Å². The van der Waals surface area contributed by atoms with E-state index in [1.54, 1.807) is 6.20 Å². The lowest BCUT2D eigenvalue weighted by Gasteiger charge is -2.30. The van der Waals surface area contributed by atoms with E-state index in [-0.39, 0.29) is 5.91 Å². The maximum atomic E-state index is 12.9. The van der Waals surface area contributed by atoms with E-state index >= 15 is 0 Å². The lowest BCUT2D eigenvalue weighted by molar-refractivity contribution is -0.133. The van der Waals surface area contributed by atoms with Crippen molar-refractivity contribution in [3.63, 3.8) is 0 Å². The first-order chi connectivity index (χ1) is 13.7. The third-order valence-electron chi connectivity index (χ3n) is 5.73. The smallest absolute Gasteiger partial charge is 0.237 e. The monoisotopic (exact) mass is 383 g/mol. The lowest BCUT2D eigenvalue weighted by Crippen LogP contribution is -2.43. The molecule has 7 heteroatoms. The fraction of sp³-hybridized carbons (Fsp3) is 0.571. The summed E-state index contributed by atoms with van der Waals surface area (Å²) in [6, 6.07) is 5.61. The van der Waals surface area contributed by atoms with E-state index in [1.807, 2.05) is 34.8 Å². The van der Waals surface area contributed by atoms with Gasteiger partial charge in [-0.25, -0.2) is 4.98 Å². The van der Waals surface area contributed by atoms with Gasteiger partial charge in [0.05, 0.1) is 6.54 Å². The van der Waals surface area contributed by atoms with Gasteiger partial charge in [0.25, 0.3) is 0 Å². The molecule has 0 radical (unpaired) electrons. The number of fused-ring (bicyclic) bond motifs is 1. The van der Waals surface area contributed by atoms with Crippen LogP contribution in [0.3, 0.4) is 0 Å². The fourth-order valence-corrected chi connectivity index (χ4v) is 4.16. The number of carbonyl (C=O) groups is 1. The van der Waals surface area contributed by atoms with Gasteiger partial charge in [-0.1, -0.05) is 18.9 Å². The Morgan fingerprint density at radius 1 is 1.14 bits per heavy atom. The third-order valence-corrected chi connectivity index (χ3v) is 5.73. The Bertz CT molecular complexity index is 797. The highest BCUT2D eigenvalue weighted by Crippen LogP contribution is 2.23. The summed E-state index contributed by atoms with van der Waals surface area (Å²) in [6.45, 7) is 4.38. The van der Waals surface area contributed by atoms with Crippen LogP contribution in [0.5, 0.6) is 5.88 Å². The van der Waals surface area contributed by atoms with Gasteiger partial charge in [0.15, 0.2) is 0 Å². The number of ether oxygens (including phenoxy) is 1. The summed E-state index contributed by atoms with van der Waals surface area (Å²) in [5.41, 5.74) is 3.24. The molecule has 150 valence electrons. The van der Waals surface area contributed by atoms with Crippen LogP contribution >= 0.6 is 0 Å². The van der Waals surface area contributed by atoms with Gasteiger partial charge in [0.1, 0.15) is 12.3 Å². The Hall–Kier alpha value is -2.41. The number of pyridine rings is 1. The molecule has 1 fully saturated rings. The van der Waals surface area contributed by atoms with Crippen LogP contribution in [0, 0.1) is 0 Å². The molecule has 2 aromatic rings. The molecule has 1 amide bonds. The van der Waals surface area contributed by atoms with Crippen LogP contribution in [0.4, 0.5) is 0 Å². The molecule has 0 unspecified atom stereocenters. The number of aryl methyl sites for hydroxylation is 1. The Balaban J connectivity index is 1.41. The predicted octanol–water partition coefficient (Wildman–Crippen LogP) is 2.15. The van der Waals surface area contributed by atoms with E-state index in [1.165, 1.54) is 31.4 Å². The van der Waals surface area contributed by atoms with E-state index in [2.05, 4.69) is 15.0 Å². The predicted molar refractivity (Wildman–Crippen MR) is 106 cm³/mol. The van der Waals surface area contributed by atoms with Gasteiger partial charge in [0.2, 0.25) is 11.8 Å². The molecule has 0 spiro atoms. The lowest BCUT2D eigenvalue weighted by atomic mass is 10.1. The fourth-order valence-electron chi connectivity index (χ4n) is 4.16. The number of amides is 1. The first kappa shape index (κ1) is 18.9. The van der Waals surface area contributed by atoms with Gasteiger partial charge in [-0.2, -0.15) is 5.10 Å². The van der Waals surface area contributed by atoms with Crippen molar-refractivity contribution in [2.45, 2.75) is 45.3 Å². The molecule has 4 heterocycles. The summed E-state index contributed by atoms with van der Waals surface area (Å²) in [5, 5.41) is 4.64. The molecule has 28 heavy (non-hydrogen) atoms. The van der Waals surface area contributed by atoms with Crippen LogP contribution in [0.2, 0.25) is 0 Å². The van der Waals surface area contributed by atoms with Gasteiger partial charge in [0, 0.05) is 50.1 Å². The van der Waals surface area contributed by atoms with Gasteiger partial charge in [-0.05, 0) is 32.0 Å². The van der Waals surface area contributed by atoms with Crippen molar-refractivity contribution in [2.24, 2.45) is 7.05 Å².